The minimum absolute atomic E-state index is 0.0355. The summed E-state index contributed by atoms with van der Waals surface area (Å²) in [4.78, 5) is 37.7. The van der Waals surface area contributed by atoms with Gasteiger partial charge >= 0.3 is 12.1 Å². The summed E-state index contributed by atoms with van der Waals surface area (Å²) in [5.74, 6) is -0.0983. The van der Waals surface area contributed by atoms with Gasteiger partial charge in [0.15, 0.2) is 11.6 Å². The van der Waals surface area contributed by atoms with Gasteiger partial charge in [-0.3, -0.25) is 9.97 Å². The van der Waals surface area contributed by atoms with Gasteiger partial charge in [-0.05, 0) is 42.7 Å². The number of rotatable bonds is 10. The van der Waals surface area contributed by atoms with Gasteiger partial charge in [0.1, 0.15) is 5.75 Å². The lowest BCUT2D eigenvalue weighted by molar-refractivity contribution is 0.132. The van der Waals surface area contributed by atoms with Crippen molar-refractivity contribution in [3.8, 4) is 22.1 Å². The number of hydrogen-bond donors (Lipinski definition) is 2. The van der Waals surface area contributed by atoms with Crippen molar-refractivity contribution >= 4 is 39.3 Å². The monoisotopic (exact) mass is 578 g/mol. The molecule has 1 fully saturated rings. The Hall–Kier alpha value is -4.29. The second-order valence-electron chi connectivity index (χ2n) is 9.90. The predicted molar refractivity (Wildman–Crippen MR) is 156 cm³/mol. The minimum atomic E-state index is -0.597. The highest BCUT2D eigenvalue weighted by atomic mass is 32.1. The number of carbonyl (C=O) groups is 2. The van der Waals surface area contributed by atoms with Crippen molar-refractivity contribution < 1.29 is 23.5 Å². The Kier molecular flexibility index (Phi) is 8.60. The molecule has 0 unspecified atom stereocenters. The molecule has 0 aliphatic heterocycles. The highest BCUT2D eigenvalue weighted by Gasteiger charge is 2.23. The highest BCUT2D eigenvalue weighted by molar-refractivity contribution is 7.22. The third-order valence-corrected chi connectivity index (χ3v) is 7.53. The lowest BCUT2D eigenvalue weighted by Crippen LogP contribution is -2.40. The van der Waals surface area contributed by atoms with Crippen LogP contribution in [0.3, 0.4) is 0 Å². The van der Waals surface area contributed by atoms with E-state index in [1.54, 1.807) is 50.6 Å². The number of fused-ring (bicyclic) bond motifs is 1. The topological polar surface area (TPSA) is 109 Å². The fourth-order valence-electron chi connectivity index (χ4n) is 4.09. The molecule has 1 aliphatic rings. The number of urea groups is 2. The molecule has 1 aliphatic carbocycles. The number of hydrogen-bond acceptors (Lipinski definition) is 7. The number of carbonyl (C=O) groups excluding carboxylic acids is 2. The summed E-state index contributed by atoms with van der Waals surface area (Å²) in [7, 11) is 5.04. The standard InChI is InChI=1S/C29H31FN6O4S/c1-35(2)29(38)36(12-13-39-3)17-18-4-8-22(32-16-18)26-15-23-27(41-26)25(10-11-31-23)40-24-9-7-20(14-21(24)30)34-28(37)33-19-5-6-19/h4,7-11,14-16,19H,5-6,12-13,17H2,1-3H3,(H2,33,34,37). The molecular weight excluding hydrogens is 547 g/mol. The second-order valence-corrected chi connectivity index (χ2v) is 10.9. The van der Waals surface area contributed by atoms with Gasteiger partial charge in [-0.1, -0.05) is 6.07 Å². The molecule has 1 saturated carbocycles. The molecule has 0 radical (unpaired) electrons. The van der Waals surface area contributed by atoms with Crippen molar-refractivity contribution in [2.75, 3.05) is 39.7 Å². The maximum Gasteiger partial charge on any atom is 0.319 e. The van der Waals surface area contributed by atoms with E-state index in [0.29, 0.717) is 36.6 Å². The predicted octanol–water partition coefficient (Wildman–Crippen LogP) is 5.70. The molecule has 3 aromatic heterocycles. The Bertz CT molecular complexity index is 1540. The molecule has 3 heterocycles. The molecule has 1 aromatic carbocycles. The third-order valence-electron chi connectivity index (χ3n) is 6.37. The summed E-state index contributed by atoms with van der Waals surface area (Å²) in [6, 6.07) is 11.5. The number of methoxy groups -OCH3 is 1. The Morgan fingerprint density at radius 1 is 1.10 bits per heavy atom. The first-order chi connectivity index (χ1) is 19.8. The number of amides is 4. The Morgan fingerprint density at radius 3 is 2.61 bits per heavy atom. The number of nitrogens with one attached hydrogen (secondary N) is 2. The van der Waals surface area contributed by atoms with Crippen molar-refractivity contribution in [3.63, 3.8) is 0 Å². The van der Waals surface area contributed by atoms with Crippen molar-refractivity contribution in [3.05, 3.63) is 66.2 Å². The Morgan fingerprint density at radius 2 is 1.93 bits per heavy atom. The average molecular weight is 579 g/mol. The molecule has 5 rings (SSSR count). The largest absolute Gasteiger partial charge is 0.453 e. The van der Waals surface area contributed by atoms with Gasteiger partial charge in [0, 0.05) is 70.6 Å². The lowest BCUT2D eigenvalue weighted by Gasteiger charge is -2.25. The van der Waals surface area contributed by atoms with Crippen LogP contribution in [0.25, 0.3) is 20.8 Å². The van der Waals surface area contributed by atoms with Crippen LogP contribution >= 0.6 is 11.3 Å². The molecule has 12 heteroatoms. The number of aromatic nitrogens is 2. The maximum atomic E-state index is 14.9. The van der Waals surface area contributed by atoms with Gasteiger partial charge in [-0.2, -0.15) is 0 Å². The van der Waals surface area contributed by atoms with Crippen molar-refractivity contribution in [2.45, 2.75) is 25.4 Å². The first kappa shape index (κ1) is 28.2. The van der Waals surface area contributed by atoms with Crippen LogP contribution in [-0.4, -0.2) is 72.2 Å². The lowest BCUT2D eigenvalue weighted by atomic mass is 10.2. The molecule has 4 aromatic rings. The van der Waals surface area contributed by atoms with Crippen LogP contribution in [-0.2, 0) is 11.3 Å². The van der Waals surface area contributed by atoms with E-state index in [1.807, 2.05) is 18.2 Å². The summed E-state index contributed by atoms with van der Waals surface area (Å²) in [5.41, 5.74) is 2.68. The zero-order chi connectivity index (χ0) is 28.9. The van der Waals surface area contributed by atoms with Crippen LogP contribution in [0, 0.1) is 5.82 Å². The summed E-state index contributed by atoms with van der Waals surface area (Å²) < 4.78 is 26.7. The molecule has 0 atom stereocenters. The maximum absolute atomic E-state index is 14.9. The molecule has 0 bridgehead atoms. The van der Waals surface area contributed by atoms with Gasteiger partial charge in [0.25, 0.3) is 0 Å². The fourth-order valence-corrected chi connectivity index (χ4v) is 5.13. The first-order valence-corrected chi connectivity index (χ1v) is 14.0. The minimum Gasteiger partial charge on any atom is -0.453 e. The highest BCUT2D eigenvalue weighted by Crippen LogP contribution is 2.39. The third kappa shape index (κ3) is 7.08. The number of anilines is 1. The van der Waals surface area contributed by atoms with Crippen LogP contribution in [0.4, 0.5) is 19.7 Å². The normalized spacial score (nSPS) is 12.7. The first-order valence-electron chi connectivity index (χ1n) is 13.1. The van der Waals surface area contributed by atoms with E-state index >= 15 is 0 Å². The zero-order valence-electron chi connectivity index (χ0n) is 23.0. The van der Waals surface area contributed by atoms with Crippen molar-refractivity contribution in [1.82, 2.24) is 25.1 Å². The molecule has 4 amide bonds. The fraction of sp³-hybridized carbons (Fsp3) is 0.310. The number of benzene rings is 1. The van der Waals surface area contributed by atoms with E-state index < -0.39 is 5.82 Å². The number of thiophene rings is 1. The van der Waals surface area contributed by atoms with Crippen molar-refractivity contribution in [2.24, 2.45) is 0 Å². The van der Waals surface area contributed by atoms with E-state index in [0.717, 1.165) is 33.7 Å². The van der Waals surface area contributed by atoms with Gasteiger partial charge < -0.3 is 29.9 Å². The van der Waals surface area contributed by atoms with E-state index in [9.17, 15) is 14.0 Å². The Balaban J connectivity index is 1.30. The van der Waals surface area contributed by atoms with Crippen molar-refractivity contribution in [1.29, 1.82) is 0 Å². The molecule has 0 spiro atoms. The number of halogens is 1. The number of nitrogens with zero attached hydrogens (tertiary/aromatic N) is 4. The summed E-state index contributed by atoms with van der Waals surface area (Å²) in [6.07, 6.45) is 5.29. The van der Waals surface area contributed by atoms with Crippen LogP contribution in [0.15, 0.2) is 54.9 Å². The quantitative estimate of drug-likeness (QED) is 0.250. The Labute approximate surface area is 241 Å². The molecule has 0 saturated heterocycles. The summed E-state index contributed by atoms with van der Waals surface area (Å²) >= 11 is 1.44. The molecule has 2 N–H and O–H groups in total. The van der Waals surface area contributed by atoms with Gasteiger partial charge in [0.05, 0.1) is 27.4 Å². The smallest absolute Gasteiger partial charge is 0.319 e. The molecule has 10 nitrogen and oxygen atoms in total. The second kappa shape index (κ2) is 12.5. The summed E-state index contributed by atoms with van der Waals surface area (Å²) in [5, 5.41) is 5.44. The van der Waals surface area contributed by atoms with Gasteiger partial charge in [0.2, 0.25) is 0 Å². The number of pyridine rings is 2. The number of ether oxygens (including phenoxy) is 2. The summed E-state index contributed by atoms with van der Waals surface area (Å²) in [6.45, 7) is 1.31. The van der Waals surface area contributed by atoms with Gasteiger partial charge in [-0.25, -0.2) is 14.0 Å². The molecule has 214 valence electrons. The van der Waals surface area contributed by atoms with E-state index in [4.69, 9.17) is 9.47 Å². The zero-order valence-corrected chi connectivity index (χ0v) is 23.8. The van der Waals surface area contributed by atoms with Crippen LogP contribution < -0.4 is 15.4 Å². The average Bonchev–Trinajstić information content (AvgIpc) is 3.65. The molecular formula is C29H31FN6O4S. The van der Waals surface area contributed by atoms with E-state index in [-0.39, 0.29) is 23.9 Å². The van der Waals surface area contributed by atoms with Crippen LogP contribution in [0.2, 0.25) is 0 Å². The van der Waals surface area contributed by atoms with E-state index in [1.165, 1.54) is 28.4 Å². The van der Waals surface area contributed by atoms with Gasteiger partial charge in [-0.15, -0.1) is 11.3 Å². The molecule has 41 heavy (non-hydrogen) atoms. The van der Waals surface area contributed by atoms with E-state index in [2.05, 4.69) is 20.6 Å². The van der Waals surface area contributed by atoms with Crippen LogP contribution in [0.5, 0.6) is 11.5 Å². The SMILES string of the molecule is COCCN(Cc1ccc(-c2cc3nccc(Oc4ccc(NC(=O)NC5CC5)cc4F)c3s2)nc1)C(=O)N(C)C. The van der Waals surface area contributed by atoms with Crippen LogP contribution in [0.1, 0.15) is 18.4 Å².